The highest BCUT2D eigenvalue weighted by molar-refractivity contribution is 6.31. The number of terminal acetylenes is 1. The van der Waals surface area contributed by atoms with E-state index >= 15 is 0 Å². The van der Waals surface area contributed by atoms with E-state index in [1.54, 1.807) is 44.3 Å². The topological polar surface area (TPSA) is 76.0 Å². The first-order valence-electron chi connectivity index (χ1n) is 7.43. The quantitative estimate of drug-likeness (QED) is 0.638. The lowest BCUT2D eigenvalue weighted by molar-refractivity contribution is -0.111. The van der Waals surface area contributed by atoms with Crippen LogP contribution >= 0.6 is 11.6 Å². The number of nitrogens with one attached hydrogen (secondary N) is 2. The van der Waals surface area contributed by atoms with Crippen molar-refractivity contribution in [1.29, 1.82) is 0 Å². The van der Waals surface area contributed by atoms with Crippen molar-refractivity contribution in [3.63, 3.8) is 0 Å². The molecule has 6 nitrogen and oxygen atoms in total. The third kappa shape index (κ3) is 4.49. The second-order valence-electron chi connectivity index (χ2n) is 5.17. The standard InChI is InChI=1S/C18H17ClN4O2/c1-4-11-20-18(25)14-7-5-6-8-15(14)21-16(24)10-9-13-12(2)22-23(3)17(13)19/h1,5-10H,11H2,2-3H3,(H,20,25)(H,21,24)/b10-9+. The van der Waals surface area contributed by atoms with Crippen molar-refractivity contribution in [3.05, 3.63) is 52.3 Å². The SMILES string of the molecule is C#CCNC(=O)c1ccccc1NC(=O)/C=C/c1c(C)nn(C)c1Cl. The van der Waals surface area contributed by atoms with Crippen LogP contribution in [0.3, 0.4) is 0 Å². The number of hydrogen-bond donors (Lipinski definition) is 2. The highest BCUT2D eigenvalue weighted by atomic mass is 35.5. The molecule has 0 saturated carbocycles. The summed E-state index contributed by atoms with van der Waals surface area (Å²) >= 11 is 6.12. The lowest BCUT2D eigenvalue weighted by atomic mass is 10.1. The van der Waals surface area contributed by atoms with Gasteiger partial charge in [0.2, 0.25) is 5.91 Å². The van der Waals surface area contributed by atoms with Gasteiger partial charge in [0.15, 0.2) is 0 Å². The van der Waals surface area contributed by atoms with Gasteiger partial charge >= 0.3 is 0 Å². The van der Waals surface area contributed by atoms with Crippen LogP contribution in [0.4, 0.5) is 5.69 Å². The van der Waals surface area contributed by atoms with Gasteiger partial charge in [-0.25, -0.2) is 0 Å². The summed E-state index contributed by atoms with van der Waals surface area (Å²) in [5.41, 5.74) is 2.10. The molecule has 0 radical (unpaired) electrons. The van der Waals surface area contributed by atoms with Crippen LogP contribution in [0, 0.1) is 19.3 Å². The molecule has 0 unspecified atom stereocenters. The summed E-state index contributed by atoms with van der Waals surface area (Å²) in [7, 11) is 1.72. The largest absolute Gasteiger partial charge is 0.341 e. The van der Waals surface area contributed by atoms with Gasteiger partial charge in [0.25, 0.3) is 5.91 Å². The number of carbonyl (C=O) groups is 2. The molecule has 0 saturated heterocycles. The summed E-state index contributed by atoms with van der Waals surface area (Å²) in [5.74, 6) is 1.58. The third-order valence-corrected chi connectivity index (χ3v) is 3.83. The minimum absolute atomic E-state index is 0.111. The Bertz CT molecular complexity index is 878. The molecule has 0 aliphatic carbocycles. The van der Waals surface area contributed by atoms with Gasteiger partial charge in [0.1, 0.15) is 5.15 Å². The second-order valence-corrected chi connectivity index (χ2v) is 5.53. The van der Waals surface area contributed by atoms with Crippen LogP contribution in [0.5, 0.6) is 0 Å². The summed E-state index contributed by atoms with van der Waals surface area (Å²) in [5, 5.41) is 9.85. The number of anilines is 1. The number of aromatic nitrogens is 2. The van der Waals surface area contributed by atoms with Gasteiger partial charge in [-0.1, -0.05) is 29.7 Å². The number of hydrogen-bond acceptors (Lipinski definition) is 3. The molecule has 0 spiro atoms. The predicted molar refractivity (Wildman–Crippen MR) is 98.2 cm³/mol. The van der Waals surface area contributed by atoms with E-state index in [1.807, 2.05) is 0 Å². The molecule has 1 heterocycles. The first kappa shape index (κ1) is 18.3. The van der Waals surface area contributed by atoms with Gasteiger partial charge in [0, 0.05) is 18.7 Å². The highest BCUT2D eigenvalue weighted by Gasteiger charge is 2.12. The fraction of sp³-hybridized carbons (Fsp3) is 0.167. The second kappa shape index (κ2) is 8.18. The molecule has 7 heteroatoms. The van der Waals surface area contributed by atoms with Crippen LogP contribution in [-0.2, 0) is 11.8 Å². The van der Waals surface area contributed by atoms with E-state index in [2.05, 4.69) is 21.7 Å². The van der Waals surface area contributed by atoms with Crippen LogP contribution in [-0.4, -0.2) is 28.1 Å². The maximum atomic E-state index is 12.2. The Hall–Kier alpha value is -3.04. The normalized spacial score (nSPS) is 10.5. The molecule has 1 aromatic heterocycles. The molecule has 0 aliphatic rings. The summed E-state index contributed by atoms with van der Waals surface area (Å²) in [6.07, 6.45) is 8.06. The van der Waals surface area contributed by atoms with E-state index in [0.717, 1.165) is 0 Å². The first-order chi connectivity index (χ1) is 11.9. The maximum absolute atomic E-state index is 12.2. The Morgan fingerprint density at radius 2 is 2.12 bits per heavy atom. The lowest BCUT2D eigenvalue weighted by Crippen LogP contribution is -2.25. The summed E-state index contributed by atoms with van der Waals surface area (Å²) in [4.78, 5) is 24.2. The zero-order chi connectivity index (χ0) is 18.4. The molecule has 2 N–H and O–H groups in total. The molecule has 128 valence electrons. The fourth-order valence-electron chi connectivity index (χ4n) is 2.19. The molecular weight excluding hydrogens is 340 g/mol. The zero-order valence-electron chi connectivity index (χ0n) is 13.8. The highest BCUT2D eigenvalue weighted by Crippen LogP contribution is 2.20. The Morgan fingerprint density at radius 3 is 2.76 bits per heavy atom. The first-order valence-corrected chi connectivity index (χ1v) is 7.80. The molecular formula is C18H17ClN4O2. The lowest BCUT2D eigenvalue weighted by Gasteiger charge is -2.09. The van der Waals surface area contributed by atoms with Gasteiger partial charge in [-0.3, -0.25) is 14.3 Å². The molecule has 25 heavy (non-hydrogen) atoms. The van der Waals surface area contributed by atoms with Gasteiger partial charge < -0.3 is 10.6 Å². The summed E-state index contributed by atoms with van der Waals surface area (Å²) in [6.45, 7) is 1.91. The molecule has 2 aromatic rings. The number of nitrogens with zero attached hydrogens (tertiary/aromatic N) is 2. The van der Waals surface area contributed by atoms with Crippen molar-refractivity contribution < 1.29 is 9.59 Å². The number of rotatable bonds is 5. The number of carbonyl (C=O) groups excluding carboxylic acids is 2. The van der Waals surface area contributed by atoms with E-state index in [4.69, 9.17) is 18.0 Å². The number of amides is 2. The molecule has 0 aliphatic heterocycles. The predicted octanol–water partition coefficient (Wildman–Crippen LogP) is 2.40. The third-order valence-electron chi connectivity index (χ3n) is 3.38. The molecule has 0 fully saturated rings. The van der Waals surface area contributed by atoms with Crippen molar-refractivity contribution in [2.75, 3.05) is 11.9 Å². The van der Waals surface area contributed by atoms with Crippen molar-refractivity contribution >= 4 is 35.2 Å². The van der Waals surface area contributed by atoms with Crippen LogP contribution in [0.25, 0.3) is 6.08 Å². The van der Waals surface area contributed by atoms with Crippen molar-refractivity contribution in [1.82, 2.24) is 15.1 Å². The smallest absolute Gasteiger partial charge is 0.254 e. The van der Waals surface area contributed by atoms with E-state index in [-0.39, 0.29) is 12.5 Å². The zero-order valence-corrected chi connectivity index (χ0v) is 14.6. The van der Waals surface area contributed by atoms with Crippen molar-refractivity contribution in [2.24, 2.45) is 7.05 Å². The van der Waals surface area contributed by atoms with Gasteiger partial charge in [-0.05, 0) is 25.1 Å². The Kier molecular flexibility index (Phi) is 5.98. The molecule has 0 bridgehead atoms. The average molecular weight is 357 g/mol. The van der Waals surface area contributed by atoms with Crippen LogP contribution in [0.2, 0.25) is 5.15 Å². The number of halogens is 1. The van der Waals surface area contributed by atoms with Gasteiger partial charge in [-0.15, -0.1) is 6.42 Å². The van der Waals surface area contributed by atoms with Crippen LogP contribution in [0.15, 0.2) is 30.3 Å². The van der Waals surface area contributed by atoms with E-state index in [1.165, 1.54) is 10.8 Å². The molecule has 2 rings (SSSR count). The number of benzene rings is 1. The van der Waals surface area contributed by atoms with E-state index in [9.17, 15) is 9.59 Å². The van der Waals surface area contributed by atoms with E-state index < -0.39 is 5.91 Å². The number of aryl methyl sites for hydroxylation is 2. The Labute approximate surface area is 150 Å². The summed E-state index contributed by atoms with van der Waals surface area (Å²) < 4.78 is 1.53. The average Bonchev–Trinajstić information content (AvgIpc) is 2.83. The molecule has 2 amide bonds. The molecule has 1 aromatic carbocycles. The van der Waals surface area contributed by atoms with Crippen LogP contribution < -0.4 is 10.6 Å². The molecule has 0 atom stereocenters. The Morgan fingerprint density at radius 1 is 1.40 bits per heavy atom. The minimum atomic E-state index is -0.392. The van der Waals surface area contributed by atoms with Crippen molar-refractivity contribution in [3.8, 4) is 12.3 Å². The minimum Gasteiger partial charge on any atom is -0.341 e. The van der Waals surface area contributed by atoms with Gasteiger partial charge in [0.05, 0.1) is 23.5 Å². The Balaban J connectivity index is 2.15. The van der Waals surface area contributed by atoms with E-state index in [0.29, 0.717) is 27.7 Å². The fourth-order valence-corrected chi connectivity index (χ4v) is 2.42. The summed E-state index contributed by atoms with van der Waals surface area (Å²) in [6, 6.07) is 6.67. The maximum Gasteiger partial charge on any atom is 0.254 e. The van der Waals surface area contributed by atoms with Crippen molar-refractivity contribution in [2.45, 2.75) is 6.92 Å². The van der Waals surface area contributed by atoms with Gasteiger partial charge in [-0.2, -0.15) is 5.10 Å². The number of para-hydroxylation sites is 1. The monoisotopic (exact) mass is 356 g/mol. The van der Waals surface area contributed by atoms with Crippen LogP contribution in [0.1, 0.15) is 21.6 Å².